The molecule has 9 rings (SSSR count). The van der Waals surface area contributed by atoms with Gasteiger partial charge in [0, 0.05) is 82.4 Å². The third-order valence-corrected chi connectivity index (χ3v) is 16.3. The van der Waals surface area contributed by atoms with Crippen LogP contribution in [0.4, 0.5) is 25.8 Å². The maximum absolute atomic E-state index is 14.0. The van der Waals surface area contributed by atoms with E-state index >= 15 is 0 Å². The van der Waals surface area contributed by atoms with E-state index in [1.807, 2.05) is 86.6 Å². The normalized spacial score (nSPS) is 13.9. The highest BCUT2D eigenvalue weighted by Crippen LogP contribution is 2.35. The van der Waals surface area contributed by atoms with E-state index in [2.05, 4.69) is 35.9 Å². The van der Waals surface area contributed by atoms with Crippen LogP contribution in [0.5, 0.6) is 11.6 Å². The highest BCUT2D eigenvalue weighted by Gasteiger charge is 2.47. The SMILES string of the molecule is COc1ncc(-c2ccc3nccc(-c4ccc(COC(=O)CCCSSCC(NC(=O)COc5ccc6nccc(C(=O)NCC(=O)N7CC(F)(F)C[C@H]7C#N)c6c5)C(=O)Nc5ccc(-c6ccc(N)c(C)c6)cc5C)nc4)c3c2)cc1N. The van der Waals surface area contributed by atoms with Crippen LogP contribution in [0.15, 0.2) is 128 Å². The zero-order valence-electron chi connectivity index (χ0n) is 45.8. The molecule has 4 amide bonds. The Morgan fingerprint density at radius 3 is 2.25 bits per heavy atom. The number of carbonyl (C=O) groups is 5. The van der Waals surface area contributed by atoms with Gasteiger partial charge in [0.25, 0.3) is 17.7 Å². The number of rotatable bonds is 22. The van der Waals surface area contributed by atoms with Crippen molar-refractivity contribution in [3.63, 3.8) is 0 Å². The first-order valence-electron chi connectivity index (χ1n) is 26.4. The van der Waals surface area contributed by atoms with Gasteiger partial charge in [-0.25, -0.2) is 13.8 Å². The fraction of sp³-hybridized carbons (Fsp3) is 0.246. The van der Waals surface area contributed by atoms with Gasteiger partial charge >= 0.3 is 5.97 Å². The molecule has 0 radical (unpaired) electrons. The zero-order chi connectivity index (χ0) is 59.5. The number of carbonyl (C=O) groups excluding carboxylic acids is 5. The number of hydrogen-bond donors (Lipinski definition) is 5. The third kappa shape index (κ3) is 14.6. The monoisotopic (exact) mass is 1170 g/mol. The smallest absolute Gasteiger partial charge is 0.306 e. The van der Waals surface area contributed by atoms with Crippen molar-refractivity contribution in [3.05, 3.63) is 150 Å². The third-order valence-electron chi connectivity index (χ3n) is 13.8. The first-order chi connectivity index (χ1) is 40.4. The summed E-state index contributed by atoms with van der Waals surface area (Å²) in [4.78, 5) is 85.1. The van der Waals surface area contributed by atoms with E-state index in [0.29, 0.717) is 51.7 Å². The number of nitrogens with zero attached hydrogens (tertiary/aromatic N) is 6. The number of likely N-dealkylation sites (tertiary alicyclic amines) is 1. The molecule has 0 spiro atoms. The second kappa shape index (κ2) is 26.7. The summed E-state index contributed by atoms with van der Waals surface area (Å²) in [6.45, 7) is 1.70. The van der Waals surface area contributed by atoms with Crippen LogP contribution in [0.1, 0.15) is 46.4 Å². The number of ether oxygens (including phenoxy) is 3. The molecule has 1 fully saturated rings. The number of nitriles is 1. The molecule has 4 aromatic carbocycles. The number of amides is 4. The molecule has 7 N–H and O–H groups in total. The molecule has 0 aliphatic carbocycles. The number of nitrogens with one attached hydrogen (secondary N) is 3. The number of benzene rings is 4. The minimum Gasteiger partial charge on any atom is -0.484 e. The number of pyridine rings is 4. The van der Waals surface area contributed by atoms with E-state index in [1.54, 1.807) is 42.9 Å². The van der Waals surface area contributed by atoms with Crippen LogP contribution in [-0.4, -0.2) is 111 Å². The van der Waals surface area contributed by atoms with E-state index in [1.165, 1.54) is 47.0 Å². The average Bonchev–Trinajstić information content (AvgIpc) is 3.88. The molecule has 1 aliphatic heterocycles. The molecule has 0 bridgehead atoms. The minimum absolute atomic E-state index is 0.0168. The van der Waals surface area contributed by atoms with Crippen molar-refractivity contribution in [3.8, 4) is 51.1 Å². The van der Waals surface area contributed by atoms with Gasteiger partial charge in [-0.3, -0.25) is 38.9 Å². The molecule has 1 unspecified atom stereocenters. The average molecular weight is 1170 g/mol. The number of fused-ring (bicyclic) bond motifs is 2. The first-order valence-corrected chi connectivity index (χ1v) is 28.9. The minimum atomic E-state index is -3.22. The molecule has 0 saturated carbocycles. The molecule has 4 aromatic heterocycles. The molecule has 5 heterocycles. The van der Waals surface area contributed by atoms with Crippen molar-refractivity contribution in [1.82, 2.24) is 35.5 Å². The number of esters is 1. The van der Waals surface area contributed by atoms with E-state index in [0.717, 1.165) is 60.3 Å². The lowest BCUT2D eigenvalue weighted by atomic mass is 9.98. The number of halogens is 2. The van der Waals surface area contributed by atoms with Crippen LogP contribution >= 0.6 is 21.6 Å². The summed E-state index contributed by atoms with van der Waals surface area (Å²) in [5, 5.41) is 18.7. The van der Waals surface area contributed by atoms with Crippen molar-refractivity contribution in [2.45, 2.75) is 57.7 Å². The van der Waals surface area contributed by atoms with Gasteiger partial charge in [-0.15, -0.1) is 0 Å². The van der Waals surface area contributed by atoms with E-state index in [-0.39, 0.29) is 30.1 Å². The fourth-order valence-corrected chi connectivity index (χ4v) is 11.6. The summed E-state index contributed by atoms with van der Waals surface area (Å²) in [6, 6.07) is 30.1. The number of anilines is 3. The Kier molecular flexibility index (Phi) is 18.8. The molecule has 2 atom stereocenters. The fourth-order valence-electron chi connectivity index (χ4n) is 9.31. The Morgan fingerprint density at radius 2 is 1.51 bits per heavy atom. The Balaban J connectivity index is 0.782. The Morgan fingerprint density at radius 1 is 0.798 bits per heavy atom. The Bertz CT molecular complexity index is 3850. The number of hydrogen-bond acceptors (Lipinski definition) is 17. The Labute approximate surface area is 489 Å². The Hall–Kier alpha value is -9.40. The number of nitrogens with two attached hydrogens (primary N) is 2. The summed E-state index contributed by atoms with van der Waals surface area (Å²) in [7, 11) is 4.28. The number of methoxy groups -OCH3 is 1. The molecule has 19 nitrogen and oxygen atoms in total. The zero-order valence-corrected chi connectivity index (χ0v) is 47.5. The second-order valence-electron chi connectivity index (χ2n) is 19.8. The van der Waals surface area contributed by atoms with Gasteiger partial charge in [0.15, 0.2) is 6.61 Å². The predicted molar refractivity (Wildman–Crippen MR) is 320 cm³/mol. The van der Waals surface area contributed by atoms with Crippen LogP contribution < -0.4 is 36.9 Å². The quantitative estimate of drug-likeness (QED) is 0.0183. The second-order valence-corrected chi connectivity index (χ2v) is 22.4. The van der Waals surface area contributed by atoms with Gasteiger partial charge in [0.2, 0.25) is 17.7 Å². The van der Waals surface area contributed by atoms with E-state index in [4.69, 9.17) is 25.7 Å². The lowest BCUT2D eigenvalue weighted by molar-refractivity contribution is -0.145. The van der Waals surface area contributed by atoms with Crippen molar-refractivity contribution in [2.24, 2.45) is 0 Å². The molecule has 84 heavy (non-hydrogen) atoms. The van der Waals surface area contributed by atoms with Gasteiger partial charge < -0.3 is 46.5 Å². The summed E-state index contributed by atoms with van der Waals surface area (Å²) in [5.74, 6) is -5.07. The standard InChI is InChI=1S/C61H57F2N11O8S2/c1-35-21-37(7-12-49(35)65)38-8-13-51(36(2)22-38)73-59(79)54(72-55(75)32-81-44-11-15-53-48(25-44)46(17-19-68-53)58(78)70-30-56(76)74-34-61(62,63)26-43(74)27-64)33-84-83-20-4-5-57(77)82-31-42-10-6-40(28-69-42)45-16-18-67-52-14-9-39(23-47(45)52)41-24-50(66)60(80-3)71-29-41/h6-19,21-25,28-29,43,54H,4-5,20,26,30-34,65-66H2,1-3H3,(H,70,78)(H,72,75)(H,73,79)/t43-,54?/m0/s1. The van der Waals surface area contributed by atoms with Crippen molar-refractivity contribution in [2.75, 3.05) is 55.1 Å². The number of alkyl halides is 2. The molecule has 1 aliphatic rings. The molecular weight excluding hydrogens is 1120 g/mol. The maximum Gasteiger partial charge on any atom is 0.306 e. The maximum atomic E-state index is 14.0. The van der Waals surface area contributed by atoms with Gasteiger partial charge in [-0.05, 0) is 133 Å². The van der Waals surface area contributed by atoms with Crippen LogP contribution in [0.3, 0.4) is 0 Å². The highest BCUT2D eigenvalue weighted by molar-refractivity contribution is 8.76. The van der Waals surface area contributed by atoms with Crippen LogP contribution in [0, 0.1) is 25.2 Å². The molecule has 430 valence electrons. The van der Waals surface area contributed by atoms with Crippen LogP contribution in [0.25, 0.3) is 55.2 Å². The molecule has 8 aromatic rings. The van der Waals surface area contributed by atoms with Crippen molar-refractivity contribution >= 4 is 90.1 Å². The lowest BCUT2D eigenvalue weighted by Crippen LogP contribution is -2.47. The van der Waals surface area contributed by atoms with Crippen LogP contribution in [-0.2, 0) is 30.5 Å². The first kappa shape index (κ1) is 59.2. The topological polar surface area (TPSA) is 280 Å². The van der Waals surface area contributed by atoms with E-state index in [9.17, 15) is 38.0 Å². The molecule has 1 saturated heterocycles. The molecule has 23 heteroatoms. The van der Waals surface area contributed by atoms with E-state index < -0.39 is 73.7 Å². The van der Waals surface area contributed by atoms with Gasteiger partial charge in [-0.2, -0.15) is 5.26 Å². The van der Waals surface area contributed by atoms with Crippen molar-refractivity contribution in [1.29, 1.82) is 5.26 Å². The molecular formula is C61H57F2N11O8S2. The number of aryl methyl sites for hydroxylation is 2. The lowest BCUT2D eigenvalue weighted by Gasteiger charge is -2.19. The summed E-state index contributed by atoms with van der Waals surface area (Å²) in [5.41, 5.74) is 22.8. The summed E-state index contributed by atoms with van der Waals surface area (Å²) < 4.78 is 44.6. The highest BCUT2D eigenvalue weighted by atomic mass is 33.1. The predicted octanol–water partition coefficient (Wildman–Crippen LogP) is 9.26. The van der Waals surface area contributed by atoms with Crippen LogP contribution in [0.2, 0.25) is 0 Å². The summed E-state index contributed by atoms with van der Waals surface area (Å²) in [6.07, 6.45) is 6.38. The van der Waals surface area contributed by atoms with Gasteiger partial charge in [0.1, 0.15) is 24.4 Å². The number of nitrogen functional groups attached to an aromatic ring is 2. The summed E-state index contributed by atoms with van der Waals surface area (Å²) >= 11 is 0. The number of aromatic nitrogens is 4. The van der Waals surface area contributed by atoms with Gasteiger partial charge in [0.05, 0.1) is 54.2 Å². The largest absolute Gasteiger partial charge is 0.484 e. The van der Waals surface area contributed by atoms with Gasteiger partial charge in [-0.1, -0.05) is 45.9 Å². The van der Waals surface area contributed by atoms with Crippen molar-refractivity contribution < 1.29 is 47.0 Å².